The van der Waals surface area contributed by atoms with Crippen molar-refractivity contribution in [3.8, 4) is 0 Å². The van der Waals surface area contributed by atoms with Gasteiger partial charge in [-0.3, -0.25) is 4.79 Å². The van der Waals surface area contributed by atoms with E-state index in [0.29, 0.717) is 12.6 Å². The van der Waals surface area contributed by atoms with Crippen LogP contribution in [0.1, 0.15) is 61.8 Å². The third-order valence-corrected chi connectivity index (χ3v) is 6.99. The maximum atomic E-state index is 13.5. The topological polar surface area (TPSA) is 57.6 Å². The number of benzene rings is 1. The van der Waals surface area contributed by atoms with E-state index in [1.165, 1.54) is 6.42 Å². The minimum Gasteiger partial charge on any atom is -0.353 e. The number of hydrogen-bond acceptors (Lipinski definition) is 2. The van der Waals surface area contributed by atoms with Crippen LogP contribution >= 0.6 is 0 Å². The molecule has 0 saturated heterocycles. The van der Waals surface area contributed by atoms with E-state index < -0.39 is 0 Å². The second-order valence-electron chi connectivity index (χ2n) is 9.48. The first-order valence-electron chi connectivity index (χ1n) is 12.0. The van der Waals surface area contributed by atoms with Gasteiger partial charge in [0.15, 0.2) is 0 Å². The summed E-state index contributed by atoms with van der Waals surface area (Å²) in [6.45, 7) is 4.76. The molecule has 2 aliphatic carbocycles. The van der Waals surface area contributed by atoms with E-state index >= 15 is 0 Å². The molecular weight excluding hydrogens is 400 g/mol. The van der Waals surface area contributed by atoms with Gasteiger partial charge in [-0.05, 0) is 62.8 Å². The number of urea groups is 1. The summed E-state index contributed by atoms with van der Waals surface area (Å²) in [5.41, 5.74) is 4.05. The fourth-order valence-electron chi connectivity index (χ4n) is 4.83. The summed E-state index contributed by atoms with van der Waals surface area (Å²) in [5.74, 6) is 0.0518. The lowest BCUT2D eigenvalue weighted by Gasteiger charge is -2.35. The van der Waals surface area contributed by atoms with Gasteiger partial charge in [-0.25, -0.2) is 4.79 Å². The highest BCUT2D eigenvalue weighted by Crippen LogP contribution is 2.30. The van der Waals surface area contributed by atoms with Crippen LogP contribution in [-0.4, -0.2) is 44.9 Å². The molecule has 4 rings (SSSR count). The van der Waals surface area contributed by atoms with E-state index in [1.54, 1.807) is 0 Å². The van der Waals surface area contributed by atoms with Crippen LogP contribution < -0.4 is 5.32 Å². The highest BCUT2D eigenvalue weighted by molar-refractivity contribution is 5.94. The van der Waals surface area contributed by atoms with Crippen LogP contribution in [0.4, 0.5) is 10.5 Å². The lowest BCUT2D eigenvalue weighted by molar-refractivity contribution is -0.133. The lowest BCUT2D eigenvalue weighted by Crippen LogP contribution is -2.50. The second kappa shape index (κ2) is 9.80. The summed E-state index contributed by atoms with van der Waals surface area (Å²) in [7, 11) is 2.01. The van der Waals surface area contributed by atoms with Crippen LogP contribution in [0, 0.1) is 13.8 Å². The van der Waals surface area contributed by atoms with E-state index in [1.807, 2.05) is 61.2 Å². The Kier molecular flexibility index (Phi) is 6.87. The molecular formula is C26H36N4O2. The van der Waals surface area contributed by atoms with E-state index in [9.17, 15) is 9.59 Å². The van der Waals surface area contributed by atoms with Gasteiger partial charge in [0.1, 0.15) is 6.54 Å². The standard InChI is InChI=1S/C26H36N4O2/c1-19-9-7-10-20(2)25(19)27-26(32)30(21-11-5-4-6-12-21)18-24(31)29(22-14-15-22)17-23-13-8-16-28(23)3/h7-10,13,16,21-22H,4-6,11-12,14-15,17-18H2,1-3H3,(H,27,32). The smallest absolute Gasteiger partial charge is 0.322 e. The van der Waals surface area contributed by atoms with Crippen LogP contribution in [0.3, 0.4) is 0 Å². The number of para-hydroxylation sites is 1. The minimum absolute atomic E-state index is 0.0518. The molecule has 32 heavy (non-hydrogen) atoms. The van der Waals surface area contributed by atoms with Crippen molar-refractivity contribution in [3.05, 3.63) is 53.3 Å². The average molecular weight is 437 g/mol. The van der Waals surface area contributed by atoms with E-state index in [4.69, 9.17) is 0 Å². The van der Waals surface area contributed by atoms with Gasteiger partial charge >= 0.3 is 6.03 Å². The Labute approximate surface area is 191 Å². The van der Waals surface area contributed by atoms with Crippen LogP contribution in [0.15, 0.2) is 36.5 Å². The lowest BCUT2D eigenvalue weighted by atomic mass is 9.94. The molecule has 1 N–H and O–H groups in total. The number of rotatable bonds is 7. The number of carbonyl (C=O) groups is 2. The quantitative estimate of drug-likeness (QED) is 0.664. The first kappa shape index (κ1) is 22.4. The maximum Gasteiger partial charge on any atom is 0.322 e. The maximum absolute atomic E-state index is 13.5. The average Bonchev–Trinajstić information content (AvgIpc) is 3.55. The fourth-order valence-corrected chi connectivity index (χ4v) is 4.83. The molecule has 2 aromatic rings. The van der Waals surface area contributed by atoms with Gasteiger partial charge in [-0.15, -0.1) is 0 Å². The Hall–Kier alpha value is -2.76. The van der Waals surface area contributed by atoms with Crippen molar-refractivity contribution < 1.29 is 9.59 Å². The van der Waals surface area contributed by atoms with E-state index in [0.717, 1.165) is 61.0 Å². The van der Waals surface area contributed by atoms with Gasteiger partial charge in [-0.2, -0.15) is 0 Å². The van der Waals surface area contributed by atoms with Gasteiger partial charge in [0, 0.05) is 36.7 Å². The van der Waals surface area contributed by atoms with Crippen LogP contribution in [-0.2, 0) is 18.4 Å². The number of aromatic nitrogens is 1. The molecule has 0 radical (unpaired) electrons. The number of nitrogens with one attached hydrogen (secondary N) is 1. The van der Waals surface area contributed by atoms with Crippen molar-refractivity contribution in [2.75, 3.05) is 11.9 Å². The van der Waals surface area contributed by atoms with Crippen molar-refractivity contribution in [3.63, 3.8) is 0 Å². The molecule has 3 amide bonds. The number of carbonyl (C=O) groups excluding carboxylic acids is 2. The number of nitrogens with zero attached hydrogens (tertiary/aromatic N) is 3. The van der Waals surface area contributed by atoms with Gasteiger partial charge in [0.25, 0.3) is 0 Å². The Balaban J connectivity index is 1.52. The monoisotopic (exact) mass is 436 g/mol. The van der Waals surface area contributed by atoms with Gasteiger partial charge < -0.3 is 19.7 Å². The largest absolute Gasteiger partial charge is 0.353 e. The van der Waals surface area contributed by atoms with Crippen molar-refractivity contribution >= 4 is 17.6 Å². The summed E-state index contributed by atoms with van der Waals surface area (Å²) in [4.78, 5) is 30.8. The Morgan fingerprint density at radius 1 is 0.938 bits per heavy atom. The van der Waals surface area contributed by atoms with Gasteiger partial charge in [0.2, 0.25) is 5.91 Å². The zero-order chi connectivity index (χ0) is 22.7. The first-order chi connectivity index (χ1) is 15.4. The van der Waals surface area contributed by atoms with Crippen molar-refractivity contribution in [1.29, 1.82) is 0 Å². The predicted octanol–water partition coefficient (Wildman–Crippen LogP) is 5.00. The summed E-state index contributed by atoms with van der Waals surface area (Å²) in [6, 6.07) is 10.4. The highest BCUT2D eigenvalue weighted by Gasteiger charge is 2.36. The van der Waals surface area contributed by atoms with Crippen LogP contribution in [0.5, 0.6) is 0 Å². The number of aryl methyl sites for hydroxylation is 3. The molecule has 6 heteroatoms. The second-order valence-corrected chi connectivity index (χ2v) is 9.48. The summed E-state index contributed by atoms with van der Waals surface area (Å²) >= 11 is 0. The summed E-state index contributed by atoms with van der Waals surface area (Å²) in [6.07, 6.45) is 9.48. The molecule has 0 atom stereocenters. The molecule has 0 spiro atoms. The number of anilines is 1. The fraction of sp³-hybridized carbons (Fsp3) is 0.538. The summed E-state index contributed by atoms with van der Waals surface area (Å²) < 4.78 is 2.06. The molecule has 6 nitrogen and oxygen atoms in total. The number of hydrogen-bond donors (Lipinski definition) is 1. The SMILES string of the molecule is Cc1cccc(C)c1NC(=O)N(CC(=O)N(Cc1cccn1C)C1CC1)C1CCCCC1. The Bertz CT molecular complexity index is 936. The zero-order valence-electron chi connectivity index (χ0n) is 19.6. The molecule has 2 aliphatic rings. The molecule has 2 fully saturated rings. The van der Waals surface area contributed by atoms with E-state index in [-0.39, 0.29) is 24.5 Å². The van der Waals surface area contributed by atoms with Crippen LogP contribution in [0.25, 0.3) is 0 Å². The highest BCUT2D eigenvalue weighted by atomic mass is 16.2. The van der Waals surface area contributed by atoms with Crippen LogP contribution in [0.2, 0.25) is 0 Å². The van der Waals surface area contributed by atoms with Crippen molar-refractivity contribution in [2.45, 2.75) is 77.4 Å². The normalized spacial score (nSPS) is 16.6. The predicted molar refractivity (Wildman–Crippen MR) is 127 cm³/mol. The molecule has 1 heterocycles. The molecule has 1 aromatic heterocycles. The summed E-state index contributed by atoms with van der Waals surface area (Å²) in [5, 5.41) is 3.13. The Morgan fingerprint density at radius 2 is 1.59 bits per heavy atom. The third-order valence-electron chi connectivity index (χ3n) is 6.99. The Morgan fingerprint density at radius 3 is 2.19 bits per heavy atom. The molecule has 172 valence electrons. The number of amides is 3. The molecule has 2 saturated carbocycles. The molecule has 1 aromatic carbocycles. The third kappa shape index (κ3) is 5.17. The van der Waals surface area contributed by atoms with Gasteiger partial charge in [0.05, 0.1) is 6.54 Å². The molecule has 0 aliphatic heterocycles. The van der Waals surface area contributed by atoms with E-state index in [2.05, 4.69) is 16.0 Å². The van der Waals surface area contributed by atoms with Gasteiger partial charge in [-0.1, -0.05) is 37.5 Å². The minimum atomic E-state index is -0.155. The first-order valence-corrected chi connectivity index (χ1v) is 12.0. The van der Waals surface area contributed by atoms with Crippen molar-refractivity contribution in [2.24, 2.45) is 7.05 Å². The zero-order valence-corrected chi connectivity index (χ0v) is 19.6. The van der Waals surface area contributed by atoms with Crippen molar-refractivity contribution in [1.82, 2.24) is 14.4 Å². The molecule has 0 bridgehead atoms. The molecule has 0 unspecified atom stereocenters.